The molecule has 130 valence electrons. The second-order valence-corrected chi connectivity index (χ2v) is 8.74. The van der Waals surface area contributed by atoms with Crippen molar-refractivity contribution < 1.29 is 4.79 Å². The lowest BCUT2D eigenvalue weighted by Gasteiger charge is -2.35. The lowest BCUT2D eigenvalue weighted by atomic mass is 10.2. The minimum atomic E-state index is 0.160. The van der Waals surface area contributed by atoms with Gasteiger partial charge in [0.05, 0.1) is 11.8 Å². The van der Waals surface area contributed by atoms with Gasteiger partial charge >= 0.3 is 0 Å². The van der Waals surface area contributed by atoms with Crippen molar-refractivity contribution in [1.29, 1.82) is 0 Å². The van der Waals surface area contributed by atoms with Crippen LogP contribution in [0.2, 0.25) is 0 Å². The minimum Gasteiger partial charge on any atom is -0.352 e. The number of hydrogen-bond donors (Lipinski definition) is 0. The van der Waals surface area contributed by atoms with Crippen LogP contribution < -0.4 is 4.90 Å². The SMILES string of the molecule is Cc1cnc(CC(=O)N2CCN(c3ncnc4sc(C)cc34)CC2)s1. The third kappa shape index (κ3) is 3.36. The molecule has 8 heteroatoms. The molecule has 0 unspecified atom stereocenters. The molecule has 0 atom stereocenters. The Kier molecular flexibility index (Phi) is 4.39. The number of aryl methyl sites for hydroxylation is 2. The lowest BCUT2D eigenvalue weighted by molar-refractivity contribution is -0.130. The average Bonchev–Trinajstić information content (AvgIpc) is 3.19. The number of carbonyl (C=O) groups is 1. The fourth-order valence-corrected chi connectivity index (χ4v) is 4.73. The molecule has 4 rings (SSSR count). The Bertz CT molecular complexity index is 911. The highest BCUT2D eigenvalue weighted by Gasteiger charge is 2.24. The largest absolute Gasteiger partial charge is 0.352 e. The van der Waals surface area contributed by atoms with Crippen molar-refractivity contribution in [3.05, 3.63) is 33.4 Å². The first kappa shape index (κ1) is 16.4. The quantitative estimate of drug-likeness (QED) is 0.706. The highest BCUT2D eigenvalue weighted by molar-refractivity contribution is 7.18. The number of hydrogen-bond acceptors (Lipinski definition) is 7. The summed E-state index contributed by atoms with van der Waals surface area (Å²) < 4.78 is 0. The number of thiophene rings is 1. The van der Waals surface area contributed by atoms with Crippen LogP contribution in [-0.4, -0.2) is 51.9 Å². The van der Waals surface area contributed by atoms with E-state index in [0.717, 1.165) is 52.1 Å². The summed E-state index contributed by atoms with van der Waals surface area (Å²) in [7, 11) is 0. The number of piperazine rings is 1. The predicted molar refractivity (Wildman–Crippen MR) is 102 cm³/mol. The molecule has 6 nitrogen and oxygen atoms in total. The van der Waals surface area contributed by atoms with Crippen molar-refractivity contribution in [3.63, 3.8) is 0 Å². The third-order valence-electron chi connectivity index (χ3n) is 4.34. The predicted octanol–water partition coefficient (Wildman–Crippen LogP) is 2.66. The zero-order valence-corrected chi connectivity index (χ0v) is 15.9. The Balaban J connectivity index is 1.43. The van der Waals surface area contributed by atoms with Gasteiger partial charge < -0.3 is 9.80 Å². The minimum absolute atomic E-state index is 0.160. The molecule has 1 aliphatic heterocycles. The van der Waals surface area contributed by atoms with Crippen LogP contribution in [0.4, 0.5) is 5.82 Å². The van der Waals surface area contributed by atoms with Gasteiger partial charge in [0.1, 0.15) is 22.0 Å². The van der Waals surface area contributed by atoms with Crippen LogP contribution in [0, 0.1) is 13.8 Å². The van der Waals surface area contributed by atoms with Crippen molar-refractivity contribution in [2.45, 2.75) is 20.3 Å². The maximum Gasteiger partial charge on any atom is 0.229 e. The van der Waals surface area contributed by atoms with Crippen LogP contribution in [0.5, 0.6) is 0 Å². The van der Waals surface area contributed by atoms with E-state index >= 15 is 0 Å². The molecule has 1 fully saturated rings. The first-order valence-corrected chi connectivity index (χ1v) is 9.88. The van der Waals surface area contributed by atoms with Gasteiger partial charge in [0.2, 0.25) is 5.91 Å². The Morgan fingerprint density at radius 3 is 2.60 bits per heavy atom. The number of nitrogens with zero attached hydrogens (tertiary/aromatic N) is 5. The molecule has 1 aliphatic rings. The zero-order valence-electron chi connectivity index (χ0n) is 14.2. The Hall–Kier alpha value is -2.06. The number of thiazole rings is 1. The van der Waals surface area contributed by atoms with Crippen LogP contribution in [-0.2, 0) is 11.2 Å². The zero-order chi connectivity index (χ0) is 17.4. The number of aromatic nitrogens is 3. The van der Waals surface area contributed by atoms with Gasteiger partial charge in [-0.05, 0) is 19.9 Å². The van der Waals surface area contributed by atoms with E-state index in [0.29, 0.717) is 6.42 Å². The fraction of sp³-hybridized carbons (Fsp3) is 0.412. The summed E-state index contributed by atoms with van der Waals surface area (Å²) in [6.45, 7) is 7.13. The number of amides is 1. The van der Waals surface area contributed by atoms with Crippen LogP contribution in [0.15, 0.2) is 18.6 Å². The third-order valence-corrected chi connectivity index (χ3v) is 6.21. The van der Waals surface area contributed by atoms with Gasteiger partial charge in [-0.25, -0.2) is 15.0 Å². The second-order valence-electron chi connectivity index (χ2n) is 6.18. The smallest absolute Gasteiger partial charge is 0.229 e. The monoisotopic (exact) mass is 373 g/mol. The van der Waals surface area contributed by atoms with Crippen molar-refractivity contribution in [3.8, 4) is 0 Å². The van der Waals surface area contributed by atoms with E-state index in [1.807, 2.05) is 18.0 Å². The van der Waals surface area contributed by atoms with Gasteiger partial charge in [-0.15, -0.1) is 22.7 Å². The summed E-state index contributed by atoms with van der Waals surface area (Å²) in [5.41, 5.74) is 0. The van der Waals surface area contributed by atoms with Crippen molar-refractivity contribution in [1.82, 2.24) is 19.9 Å². The molecule has 25 heavy (non-hydrogen) atoms. The molecule has 0 saturated carbocycles. The molecule has 0 radical (unpaired) electrons. The molecule has 1 amide bonds. The summed E-state index contributed by atoms with van der Waals surface area (Å²) in [5.74, 6) is 1.14. The van der Waals surface area contributed by atoms with Crippen LogP contribution in [0.25, 0.3) is 10.2 Å². The standard InChI is InChI=1S/C17H19N5OS2/c1-11-7-13-16(19-10-20-17(13)25-11)22-5-3-21(4-6-22)15(23)8-14-18-9-12(2)24-14/h7,9-10H,3-6,8H2,1-2H3. The highest BCUT2D eigenvalue weighted by atomic mass is 32.1. The van der Waals surface area contributed by atoms with E-state index in [9.17, 15) is 4.79 Å². The number of fused-ring (bicyclic) bond motifs is 1. The van der Waals surface area contributed by atoms with E-state index in [1.165, 1.54) is 4.88 Å². The number of carbonyl (C=O) groups excluding carboxylic acids is 1. The van der Waals surface area contributed by atoms with Crippen molar-refractivity contribution in [2.24, 2.45) is 0 Å². The first-order chi connectivity index (χ1) is 12.1. The van der Waals surface area contributed by atoms with Crippen LogP contribution in [0.3, 0.4) is 0 Å². The fourth-order valence-electron chi connectivity index (χ4n) is 3.11. The Morgan fingerprint density at radius 1 is 1.08 bits per heavy atom. The number of rotatable bonds is 3. The van der Waals surface area contributed by atoms with E-state index in [-0.39, 0.29) is 5.91 Å². The molecule has 4 heterocycles. The summed E-state index contributed by atoms with van der Waals surface area (Å²) in [5, 5.41) is 2.01. The Labute approximate surface area is 154 Å². The van der Waals surface area contributed by atoms with Gasteiger partial charge in [0.15, 0.2) is 0 Å². The summed E-state index contributed by atoms with van der Waals surface area (Å²) >= 11 is 3.29. The van der Waals surface area contributed by atoms with E-state index in [4.69, 9.17) is 0 Å². The van der Waals surface area contributed by atoms with Gasteiger partial charge in [0.25, 0.3) is 0 Å². The maximum atomic E-state index is 12.5. The number of anilines is 1. The molecule has 0 spiro atoms. The van der Waals surface area contributed by atoms with Gasteiger partial charge in [-0.2, -0.15) is 0 Å². The van der Waals surface area contributed by atoms with Crippen LogP contribution >= 0.6 is 22.7 Å². The van der Waals surface area contributed by atoms with Crippen molar-refractivity contribution in [2.75, 3.05) is 31.1 Å². The van der Waals surface area contributed by atoms with E-state index in [1.54, 1.807) is 29.0 Å². The Morgan fingerprint density at radius 2 is 1.88 bits per heavy atom. The normalized spacial score (nSPS) is 15.1. The first-order valence-electron chi connectivity index (χ1n) is 8.25. The molecule has 1 saturated heterocycles. The molecule has 0 aliphatic carbocycles. The topological polar surface area (TPSA) is 62.2 Å². The van der Waals surface area contributed by atoms with Gasteiger partial charge in [0, 0.05) is 42.1 Å². The van der Waals surface area contributed by atoms with Crippen LogP contribution in [0.1, 0.15) is 14.8 Å². The molecule has 3 aromatic rings. The molecular formula is C17H19N5OS2. The van der Waals surface area contributed by atoms with E-state index in [2.05, 4.69) is 32.8 Å². The molecule has 0 bridgehead atoms. The van der Waals surface area contributed by atoms with E-state index < -0.39 is 0 Å². The average molecular weight is 374 g/mol. The summed E-state index contributed by atoms with van der Waals surface area (Å²) in [4.78, 5) is 33.2. The van der Waals surface area contributed by atoms with Gasteiger partial charge in [-0.3, -0.25) is 4.79 Å². The molecule has 0 aromatic carbocycles. The summed E-state index contributed by atoms with van der Waals surface area (Å²) in [6, 6.07) is 2.15. The maximum absolute atomic E-state index is 12.5. The van der Waals surface area contributed by atoms with Crippen molar-refractivity contribution >= 4 is 44.6 Å². The molecule has 3 aromatic heterocycles. The second kappa shape index (κ2) is 6.68. The van der Waals surface area contributed by atoms with Gasteiger partial charge in [-0.1, -0.05) is 0 Å². The lowest BCUT2D eigenvalue weighted by Crippen LogP contribution is -2.49. The molecular weight excluding hydrogens is 354 g/mol. The highest BCUT2D eigenvalue weighted by Crippen LogP contribution is 2.30. The molecule has 0 N–H and O–H groups in total. The summed E-state index contributed by atoms with van der Waals surface area (Å²) in [6.07, 6.45) is 3.87.